The predicted octanol–water partition coefficient (Wildman–Crippen LogP) is 0.943. The minimum Gasteiger partial charge on any atom is -0.399 e. The van der Waals surface area contributed by atoms with Gasteiger partial charge >= 0.3 is 0 Å². The van der Waals surface area contributed by atoms with Crippen molar-refractivity contribution >= 4 is 5.69 Å². The Labute approximate surface area is 102 Å². The third-order valence-electron chi connectivity index (χ3n) is 3.36. The van der Waals surface area contributed by atoms with E-state index in [0.29, 0.717) is 6.04 Å². The highest BCUT2D eigenvalue weighted by molar-refractivity contribution is 5.39. The van der Waals surface area contributed by atoms with Crippen LogP contribution in [0.15, 0.2) is 24.3 Å². The van der Waals surface area contributed by atoms with Crippen LogP contribution in [0, 0.1) is 0 Å². The van der Waals surface area contributed by atoms with Crippen molar-refractivity contribution < 1.29 is 5.11 Å². The Hall–Kier alpha value is -1.10. The smallest absolute Gasteiger partial charge is 0.131 e. The number of nitrogens with two attached hydrogens (primary N) is 1. The van der Waals surface area contributed by atoms with Gasteiger partial charge in [-0.05, 0) is 50.7 Å². The number of aliphatic hydroxyl groups excluding tert-OH is 1. The SMILES string of the molecule is CN1CCC(NC(O)c2ccc(N)cc2)CC1. The zero-order valence-corrected chi connectivity index (χ0v) is 10.3. The molecule has 17 heavy (non-hydrogen) atoms. The molecular formula is C13H21N3O. The van der Waals surface area contributed by atoms with E-state index in [1.54, 1.807) is 0 Å². The molecule has 4 N–H and O–H groups in total. The molecular weight excluding hydrogens is 214 g/mol. The average Bonchev–Trinajstić information content (AvgIpc) is 2.33. The van der Waals surface area contributed by atoms with E-state index >= 15 is 0 Å². The molecule has 1 unspecified atom stereocenters. The summed E-state index contributed by atoms with van der Waals surface area (Å²) in [7, 11) is 2.13. The molecule has 1 saturated heterocycles. The maximum absolute atomic E-state index is 10.1. The number of aliphatic hydroxyl groups is 1. The first-order valence-corrected chi connectivity index (χ1v) is 6.13. The van der Waals surface area contributed by atoms with Gasteiger partial charge in [0.25, 0.3) is 0 Å². The Morgan fingerprint density at radius 1 is 1.29 bits per heavy atom. The average molecular weight is 235 g/mol. The van der Waals surface area contributed by atoms with Crippen LogP contribution >= 0.6 is 0 Å². The predicted molar refractivity (Wildman–Crippen MR) is 69.5 cm³/mol. The van der Waals surface area contributed by atoms with E-state index in [1.165, 1.54) is 0 Å². The second-order valence-electron chi connectivity index (χ2n) is 4.81. The zero-order valence-electron chi connectivity index (χ0n) is 10.3. The maximum Gasteiger partial charge on any atom is 0.131 e. The van der Waals surface area contributed by atoms with Gasteiger partial charge in [-0.2, -0.15) is 0 Å². The molecule has 0 aliphatic carbocycles. The third-order valence-corrected chi connectivity index (χ3v) is 3.36. The van der Waals surface area contributed by atoms with Crippen LogP contribution in [0.1, 0.15) is 24.6 Å². The van der Waals surface area contributed by atoms with Gasteiger partial charge in [0.1, 0.15) is 6.23 Å². The highest BCUT2D eigenvalue weighted by atomic mass is 16.3. The molecule has 1 aromatic rings. The first-order valence-electron chi connectivity index (χ1n) is 6.13. The quantitative estimate of drug-likeness (QED) is 0.539. The lowest BCUT2D eigenvalue weighted by Gasteiger charge is -2.31. The Kier molecular flexibility index (Phi) is 3.99. The largest absolute Gasteiger partial charge is 0.399 e. The molecule has 0 radical (unpaired) electrons. The fourth-order valence-corrected chi connectivity index (χ4v) is 2.17. The molecule has 1 fully saturated rings. The molecule has 0 saturated carbocycles. The Morgan fingerprint density at radius 2 is 1.88 bits per heavy atom. The van der Waals surface area contributed by atoms with Crippen molar-refractivity contribution in [2.75, 3.05) is 25.9 Å². The van der Waals surface area contributed by atoms with Crippen molar-refractivity contribution in [1.82, 2.24) is 10.2 Å². The van der Waals surface area contributed by atoms with Gasteiger partial charge in [-0.1, -0.05) is 12.1 Å². The molecule has 1 heterocycles. The van der Waals surface area contributed by atoms with Crippen molar-refractivity contribution in [3.05, 3.63) is 29.8 Å². The summed E-state index contributed by atoms with van der Waals surface area (Å²) in [6.45, 7) is 2.18. The van der Waals surface area contributed by atoms with Crippen molar-refractivity contribution in [3.63, 3.8) is 0 Å². The number of likely N-dealkylation sites (tertiary alicyclic amines) is 1. The van der Waals surface area contributed by atoms with Gasteiger partial charge in [0.2, 0.25) is 0 Å². The molecule has 4 heteroatoms. The van der Waals surface area contributed by atoms with Gasteiger partial charge < -0.3 is 15.7 Å². The number of anilines is 1. The summed E-state index contributed by atoms with van der Waals surface area (Å²) < 4.78 is 0. The van der Waals surface area contributed by atoms with Crippen molar-refractivity contribution in [3.8, 4) is 0 Å². The van der Waals surface area contributed by atoms with Crippen molar-refractivity contribution in [1.29, 1.82) is 0 Å². The van der Waals surface area contributed by atoms with Gasteiger partial charge in [-0.3, -0.25) is 5.32 Å². The number of nitrogen functional groups attached to an aromatic ring is 1. The van der Waals surface area contributed by atoms with Crippen LogP contribution in [0.4, 0.5) is 5.69 Å². The number of nitrogens with one attached hydrogen (secondary N) is 1. The van der Waals surface area contributed by atoms with E-state index in [0.717, 1.165) is 37.2 Å². The molecule has 4 nitrogen and oxygen atoms in total. The summed E-state index contributed by atoms with van der Waals surface area (Å²) >= 11 is 0. The van der Waals surface area contributed by atoms with Crippen LogP contribution in [0.2, 0.25) is 0 Å². The summed E-state index contributed by atoms with van der Waals surface area (Å²) in [5.74, 6) is 0. The van der Waals surface area contributed by atoms with E-state index in [-0.39, 0.29) is 0 Å². The van der Waals surface area contributed by atoms with Gasteiger partial charge in [-0.15, -0.1) is 0 Å². The second kappa shape index (κ2) is 5.49. The van der Waals surface area contributed by atoms with Gasteiger partial charge in [-0.25, -0.2) is 0 Å². The lowest BCUT2D eigenvalue weighted by Crippen LogP contribution is -2.42. The first kappa shape index (κ1) is 12.4. The molecule has 1 atom stereocenters. The molecule has 1 aliphatic heterocycles. The number of benzene rings is 1. The third kappa shape index (κ3) is 3.43. The van der Waals surface area contributed by atoms with Crippen LogP contribution in [0.5, 0.6) is 0 Å². The van der Waals surface area contributed by atoms with Crippen LogP contribution < -0.4 is 11.1 Å². The number of hydrogen-bond acceptors (Lipinski definition) is 4. The standard InChI is InChI=1S/C13H21N3O/c1-16-8-6-12(7-9-16)15-13(17)10-2-4-11(14)5-3-10/h2-5,12-13,15,17H,6-9,14H2,1H3. The molecule has 94 valence electrons. The number of rotatable bonds is 3. The summed E-state index contributed by atoms with van der Waals surface area (Å²) in [5, 5.41) is 13.3. The monoisotopic (exact) mass is 235 g/mol. The topological polar surface area (TPSA) is 61.5 Å². The first-order chi connectivity index (χ1) is 8.15. The maximum atomic E-state index is 10.1. The lowest BCUT2D eigenvalue weighted by atomic mass is 10.0. The number of piperidine rings is 1. The van der Waals surface area contributed by atoms with E-state index in [9.17, 15) is 5.11 Å². The molecule has 2 rings (SSSR count). The fraction of sp³-hybridized carbons (Fsp3) is 0.538. The molecule has 0 aromatic heterocycles. The van der Waals surface area contributed by atoms with Crippen LogP contribution in [-0.2, 0) is 0 Å². The molecule has 0 spiro atoms. The minimum atomic E-state index is -0.594. The summed E-state index contributed by atoms with van der Waals surface area (Å²) in [6.07, 6.45) is 1.58. The lowest BCUT2D eigenvalue weighted by molar-refractivity contribution is 0.104. The van der Waals surface area contributed by atoms with Gasteiger partial charge in [0, 0.05) is 11.7 Å². The summed E-state index contributed by atoms with van der Waals surface area (Å²) in [4.78, 5) is 2.31. The highest BCUT2D eigenvalue weighted by Crippen LogP contribution is 2.16. The van der Waals surface area contributed by atoms with Crippen LogP contribution in [-0.4, -0.2) is 36.2 Å². The summed E-state index contributed by atoms with van der Waals surface area (Å²) in [6, 6.07) is 7.76. The normalized spacial score (nSPS) is 20.4. The van der Waals surface area contributed by atoms with Crippen LogP contribution in [0.25, 0.3) is 0 Å². The Balaban J connectivity index is 1.88. The van der Waals surface area contributed by atoms with E-state index in [1.807, 2.05) is 24.3 Å². The van der Waals surface area contributed by atoms with E-state index < -0.39 is 6.23 Å². The van der Waals surface area contributed by atoms with Gasteiger partial charge in [0.15, 0.2) is 0 Å². The minimum absolute atomic E-state index is 0.402. The molecule has 1 aliphatic rings. The Morgan fingerprint density at radius 3 is 2.47 bits per heavy atom. The highest BCUT2D eigenvalue weighted by Gasteiger charge is 2.19. The van der Waals surface area contributed by atoms with Crippen molar-refractivity contribution in [2.24, 2.45) is 0 Å². The Bertz CT molecular complexity index is 344. The molecule has 1 aromatic carbocycles. The zero-order chi connectivity index (χ0) is 12.3. The van der Waals surface area contributed by atoms with Gasteiger partial charge in [0.05, 0.1) is 0 Å². The second-order valence-corrected chi connectivity index (χ2v) is 4.81. The fourth-order valence-electron chi connectivity index (χ4n) is 2.17. The summed E-state index contributed by atoms with van der Waals surface area (Å²) in [5.41, 5.74) is 7.21. The number of nitrogens with zero attached hydrogens (tertiary/aromatic N) is 1. The number of hydrogen-bond donors (Lipinski definition) is 3. The van der Waals surface area contributed by atoms with Crippen molar-refractivity contribution in [2.45, 2.75) is 25.1 Å². The van der Waals surface area contributed by atoms with Crippen LogP contribution in [0.3, 0.4) is 0 Å². The van der Waals surface area contributed by atoms with E-state index in [2.05, 4.69) is 17.3 Å². The molecule has 0 bridgehead atoms. The van der Waals surface area contributed by atoms with E-state index in [4.69, 9.17) is 5.73 Å². The molecule has 0 amide bonds.